The molecule has 4 rings (SSSR count). The van der Waals surface area contributed by atoms with E-state index in [2.05, 4.69) is 69.8 Å². The number of nitrogens with zero attached hydrogens (tertiary/aromatic N) is 2. The van der Waals surface area contributed by atoms with E-state index in [-0.39, 0.29) is 0 Å². The Kier molecular flexibility index (Phi) is 5.22. The van der Waals surface area contributed by atoms with Crippen LogP contribution in [-0.4, -0.2) is 10.8 Å². The number of rotatable bonds is 6. The number of benzene rings is 3. The molecule has 3 aromatic carbocycles. The van der Waals surface area contributed by atoms with Gasteiger partial charge in [-0.1, -0.05) is 72.3 Å². The highest BCUT2D eigenvalue weighted by Crippen LogP contribution is 2.21. The van der Waals surface area contributed by atoms with E-state index in [1.54, 1.807) is 0 Å². The van der Waals surface area contributed by atoms with E-state index in [0.717, 1.165) is 22.7 Å². The third kappa shape index (κ3) is 4.21. The molecule has 1 heterocycles. The zero-order chi connectivity index (χ0) is 18.5. The topological polar surface area (TPSA) is 29.3 Å². The van der Waals surface area contributed by atoms with Gasteiger partial charge in [-0.25, -0.2) is 0 Å². The molecule has 4 aromatic rings. The summed E-state index contributed by atoms with van der Waals surface area (Å²) in [4.78, 5) is 0. The van der Waals surface area contributed by atoms with Gasteiger partial charge in [-0.05, 0) is 29.3 Å². The van der Waals surface area contributed by atoms with Crippen LogP contribution in [0.2, 0.25) is 5.02 Å². The van der Waals surface area contributed by atoms with Crippen LogP contribution >= 0.6 is 11.6 Å². The molecular formula is C23H20ClN3. The lowest BCUT2D eigenvalue weighted by molar-refractivity contribution is 0.748. The monoisotopic (exact) mass is 373 g/mol. The van der Waals surface area contributed by atoms with Crippen LogP contribution in [0.4, 0.5) is 0 Å². The second kappa shape index (κ2) is 8.11. The molecule has 0 spiro atoms. The summed E-state index contributed by atoms with van der Waals surface area (Å²) in [5, 5.41) is 6.35. The predicted octanol–water partition coefficient (Wildman–Crippen LogP) is 5.47. The second-order valence-electron chi connectivity index (χ2n) is 6.43. The van der Waals surface area contributed by atoms with E-state index in [1.165, 1.54) is 16.5 Å². The fraction of sp³-hybridized carbons (Fsp3) is 0.0870. The Hall–Kier alpha value is -3.04. The molecule has 0 amide bonds. The van der Waals surface area contributed by atoms with Gasteiger partial charge in [0, 0.05) is 34.2 Å². The zero-order valence-corrected chi connectivity index (χ0v) is 15.6. The molecule has 0 fully saturated rings. The number of nitrogens with one attached hydrogen (secondary N) is 1. The van der Waals surface area contributed by atoms with Crippen molar-refractivity contribution in [3.8, 4) is 0 Å². The molecule has 1 aromatic heterocycles. The molecule has 0 saturated heterocycles. The average molecular weight is 374 g/mol. The van der Waals surface area contributed by atoms with Crippen molar-refractivity contribution in [2.75, 3.05) is 0 Å². The van der Waals surface area contributed by atoms with Crippen LogP contribution in [0.5, 0.6) is 0 Å². The van der Waals surface area contributed by atoms with E-state index in [9.17, 15) is 0 Å². The lowest BCUT2D eigenvalue weighted by Gasteiger charge is -2.05. The molecule has 0 bridgehead atoms. The third-order valence-electron chi connectivity index (χ3n) is 4.51. The maximum Gasteiger partial charge on any atom is 0.0580 e. The molecule has 0 unspecified atom stereocenters. The normalized spacial score (nSPS) is 11.3. The van der Waals surface area contributed by atoms with Gasteiger partial charge in [0.1, 0.15) is 0 Å². The van der Waals surface area contributed by atoms with Crippen molar-refractivity contribution in [3.05, 3.63) is 107 Å². The third-order valence-corrected chi connectivity index (χ3v) is 4.76. The summed E-state index contributed by atoms with van der Waals surface area (Å²) < 4.78 is 2.27. The predicted molar refractivity (Wildman–Crippen MR) is 113 cm³/mol. The van der Waals surface area contributed by atoms with Gasteiger partial charge in [-0.3, -0.25) is 0 Å². The first-order chi connectivity index (χ1) is 13.3. The van der Waals surface area contributed by atoms with Crippen molar-refractivity contribution in [2.24, 2.45) is 5.10 Å². The molecule has 4 heteroatoms. The minimum absolute atomic E-state index is 0.663. The first kappa shape index (κ1) is 17.4. The number of fused-ring (bicyclic) bond motifs is 1. The number of hydrogen-bond donors (Lipinski definition) is 1. The summed E-state index contributed by atoms with van der Waals surface area (Å²) in [5.41, 5.74) is 7.84. The van der Waals surface area contributed by atoms with Gasteiger partial charge in [0.05, 0.1) is 12.8 Å². The van der Waals surface area contributed by atoms with Crippen molar-refractivity contribution in [2.45, 2.75) is 13.1 Å². The number of aromatic nitrogens is 1. The van der Waals surface area contributed by atoms with E-state index in [1.807, 2.05) is 36.5 Å². The zero-order valence-electron chi connectivity index (χ0n) is 14.8. The first-order valence-electron chi connectivity index (χ1n) is 8.92. The number of hydrazone groups is 1. The van der Waals surface area contributed by atoms with Crippen LogP contribution in [0.25, 0.3) is 10.9 Å². The van der Waals surface area contributed by atoms with Gasteiger partial charge < -0.3 is 9.99 Å². The van der Waals surface area contributed by atoms with Gasteiger partial charge >= 0.3 is 0 Å². The summed E-state index contributed by atoms with van der Waals surface area (Å²) in [6, 6.07) is 26.7. The fourth-order valence-corrected chi connectivity index (χ4v) is 3.27. The maximum atomic E-state index is 5.92. The number of hydrogen-bond acceptors (Lipinski definition) is 2. The molecule has 0 saturated carbocycles. The Morgan fingerprint density at radius 3 is 2.41 bits per heavy atom. The van der Waals surface area contributed by atoms with E-state index in [4.69, 9.17) is 11.6 Å². The largest absolute Gasteiger partial charge is 0.342 e. The summed E-state index contributed by atoms with van der Waals surface area (Å²) in [6.45, 7) is 1.50. The van der Waals surface area contributed by atoms with Crippen LogP contribution in [0.1, 0.15) is 16.7 Å². The Balaban J connectivity index is 1.52. The highest BCUT2D eigenvalue weighted by atomic mass is 35.5. The van der Waals surface area contributed by atoms with Crippen molar-refractivity contribution in [1.82, 2.24) is 9.99 Å². The molecule has 27 heavy (non-hydrogen) atoms. The molecule has 3 nitrogen and oxygen atoms in total. The average Bonchev–Trinajstić information content (AvgIpc) is 3.05. The lowest BCUT2D eigenvalue weighted by Crippen LogP contribution is -2.05. The second-order valence-corrected chi connectivity index (χ2v) is 6.87. The van der Waals surface area contributed by atoms with Crippen LogP contribution in [0.3, 0.4) is 0 Å². The van der Waals surface area contributed by atoms with Crippen LogP contribution in [-0.2, 0) is 13.1 Å². The molecular weight excluding hydrogens is 354 g/mol. The molecule has 0 radical (unpaired) electrons. The summed E-state index contributed by atoms with van der Waals surface area (Å²) >= 11 is 5.92. The Bertz CT molecular complexity index is 1050. The van der Waals surface area contributed by atoms with Gasteiger partial charge in [0.2, 0.25) is 0 Å². The maximum absolute atomic E-state index is 5.92. The van der Waals surface area contributed by atoms with Crippen molar-refractivity contribution < 1.29 is 0 Å². The summed E-state index contributed by atoms with van der Waals surface area (Å²) in [5.74, 6) is 0. The van der Waals surface area contributed by atoms with Crippen molar-refractivity contribution >= 4 is 28.7 Å². The molecule has 0 aliphatic rings. The Morgan fingerprint density at radius 2 is 1.59 bits per heavy atom. The summed E-state index contributed by atoms with van der Waals surface area (Å²) in [7, 11) is 0. The van der Waals surface area contributed by atoms with Gasteiger partial charge in [0.25, 0.3) is 0 Å². The van der Waals surface area contributed by atoms with Crippen molar-refractivity contribution in [3.63, 3.8) is 0 Å². The van der Waals surface area contributed by atoms with E-state index in [0.29, 0.717) is 6.54 Å². The minimum Gasteiger partial charge on any atom is -0.342 e. The van der Waals surface area contributed by atoms with Gasteiger partial charge in [0.15, 0.2) is 0 Å². The fourth-order valence-electron chi connectivity index (χ4n) is 3.14. The summed E-state index contributed by atoms with van der Waals surface area (Å²) in [6.07, 6.45) is 4.05. The lowest BCUT2D eigenvalue weighted by atomic mass is 10.2. The van der Waals surface area contributed by atoms with E-state index >= 15 is 0 Å². The van der Waals surface area contributed by atoms with Gasteiger partial charge in [-0.2, -0.15) is 5.10 Å². The Labute approximate surface area is 163 Å². The standard InChI is InChI=1S/C23H20ClN3/c24-21-12-10-18(11-13-21)14-25-26-15-20-17-27(16-19-6-2-1-3-7-19)23-9-5-4-8-22(20)23/h1-13,15,17,25H,14,16H2/b26-15-. The van der Waals surface area contributed by atoms with Crippen molar-refractivity contribution in [1.29, 1.82) is 0 Å². The molecule has 1 N–H and O–H groups in total. The van der Waals surface area contributed by atoms with Crippen LogP contribution < -0.4 is 5.43 Å². The smallest absolute Gasteiger partial charge is 0.0580 e. The molecule has 134 valence electrons. The minimum atomic E-state index is 0.663. The van der Waals surface area contributed by atoms with Crippen LogP contribution in [0, 0.1) is 0 Å². The SMILES string of the molecule is Clc1ccc(CN/N=C\c2cn(Cc3ccccc3)c3ccccc23)cc1. The number of halogens is 1. The van der Waals surface area contributed by atoms with E-state index < -0.39 is 0 Å². The van der Waals surface area contributed by atoms with Gasteiger partial charge in [-0.15, -0.1) is 0 Å². The highest BCUT2D eigenvalue weighted by molar-refractivity contribution is 6.30. The molecule has 0 aliphatic heterocycles. The first-order valence-corrected chi connectivity index (χ1v) is 9.29. The number of para-hydroxylation sites is 1. The highest BCUT2D eigenvalue weighted by Gasteiger charge is 2.06. The quantitative estimate of drug-likeness (QED) is 0.352. The molecule has 0 aliphatic carbocycles. The van der Waals surface area contributed by atoms with Crippen LogP contribution in [0.15, 0.2) is 90.2 Å². The molecule has 0 atom stereocenters. The Morgan fingerprint density at radius 1 is 0.852 bits per heavy atom.